The molecule has 3 aliphatic rings. The molecule has 10 heteroatoms. The Labute approximate surface area is 200 Å². The quantitative estimate of drug-likeness (QED) is 0.552. The number of carbonyl (C=O) groups excluding carboxylic acids is 2. The van der Waals surface area contributed by atoms with E-state index in [-0.39, 0.29) is 47.4 Å². The number of carbonyl (C=O) groups is 2. The molecule has 3 saturated carbocycles. The molecule has 0 aliphatic heterocycles. The van der Waals surface area contributed by atoms with Gasteiger partial charge in [0.15, 0.2) is 24.7 Å². The Morgan fingerprint density at radius 2 is 1.79 bits per heavy atom. The van der Waals surface area contributed by atoms with E-state index < -0.39 is 5.82 Å². The molecule has 0 unspecified atom stereocenters. The van der Waals surface area contributed by atoms with Crippen molar-refractivity contribution in [2.24, 2.45) is 5.92 Å². The monoisotopic (exact) mass is 496 g/mol. The highest BCUT2D eigenvalue weighted by molar-refractivity contribution is 6.31. The Bertz CT molecular complexity index is 1060. The van der Waals surface area contributed by atoms with Crippen LogP contribution in [0.25, 0.3) is 0 Å². The molecule has 0 saturated heterocycles. The van der Waals surface area contributed by atoms with Crippen molar-refractivity contribution in [3.8, 4) is 17.2 Å². The molecule has 2 bridgehead atoms. The predicted molar refractivity (Wildman–Crippen MR) is 121 cm³/mol. The maximum atomic E-state index is 13.5. The van der Waals surface area contributed by atoms with Gasteiger partial charge in [0.05, 0.1) is 12.1 Å². The molecule has 33 heavy (non-hydrogen) atoms. The maximum absolute atomic E-state index is 13.5. The smallest absolute Gasteiger partial charge is 0.258 e. The molecule has 2 aromatic carbocycles. The van der Waals surface area contributed by atoms with E-state index >= 15 is 0 Å². The number of amides is 2. The topological polar surface area (TPSA) is 85.9 Å². The van der Waals surface area contributed by atoms with Crippen molar-refractivity contribution in [3.05, 3.63) is 52.3 Å². The highest BCUT2D eigenvalue weighted by Gasteiger charge is 2.57. The summed E-state index contributed by atoms with van der Waals surface area (Å²) in [6.07, 6.45) is 2.21. The minimum Gasteiger partial charge on any atom is -0.493 e. The second kappa shape index (κ2) is 9.65. The first-order valence-corrected chi connectivity index (χ1v) is 11.2. The van der Waals surface area contributed by atoms with Crippen LogP contribution in [0.2, 0.25) is 10.0 Å². The molecule has 2 N–H and O–H groups in total. The summed E-state index contributed by atoms with van der Waals surface area (Å²) in [4.78, 5) is 24.7. The normalized spacial score (nSPS) is 22.8. The number of ether oxygens (including phenoxy) is 3. The zero-order chi connectivity index (χ0) is 23.6. The van der Waals surface area contributed by atoms with Gasteiger partial charge in [-0.3, -0.25) is 9.59 Å². The lowest BCUT2D eigenvalue weighted by Crippen LogP contribution is -2.53. The van der Waals surface area contributed by atoms with Gasteiger partial charge in [-0.1, -0.05) is 23.2 Å². The number of methoxy groups -OCH3 is 1. The van der Waals surface area contributed by atoms with E-state index in [2.05, 4.69) is 10.6 Å². The number of halogens is 3. The van der Waals surface area contributed by atoms with Crippen LogP contribution >= 0.6 is 23.2 Å². The van der Waals surface area contributed by atoms with Crippen molar-refractivity contribution in [2.75, 3.05) is 20.3 Å². The number of benzene rings is 2. The van der Waals surface area contributed by atoms with E-state index in [9.17, 15) is 14.0 Å². The van der Waals surface area contributed by atoms with E-state index in [1.165, 1.54) is 19.2 Å². The molecule has 0 radical (unpaired) electrons. The zero-order valence-electron chi connectivity index (χ0n) is 17.8. The molecule has 5 rings (SSSR count). The number of nitrogens with one attached hydrogen (secondary N) is 2. The fourth-order valence-corrected chi connectivity index (χ4v) is 4.78. The lowest BCUT2D eigenvalue weighted by atomic mass is 9.76. The summed E-state index contributed by atoms with van der Waals surface area (Å²) in [6.45, 7) is -0.395. The van der Waals surface area contributed by atoms with Crippen LogP contribution in [0, 0.1) is 11.7 Å². The summed E-state index contributed by atoms with van der Waals surface area (Å²) in [7, 11) is 1.50. The molecule has 3 fully saturated rings. The van der Waals surface area contributed by atoms with Crippen LogP contribution in [0.15, 0.2) is 36.4 Å². The Balaban J connectivity index is 1.22. The molecule has 3 aliphatic carbocycles. The van der Waals surface area contributed by atoms with Crippen LogP contribution in [0.3, 0.4) is 0 Å². The van der Waals surface area contributed by atoms with Gasteiger partial charge in [0.25, 0.3) is 11.8 Å². The summed E-state index contributed by atoms with van der Waals surface area (Å²) in [6, 6.07) is 8.86. The van der Waals surface area contributed by atoms with Crippen molar-refractivity contribution in [3.63, 3.8) is 0 Å². The van der Waals surface area contributed by atoms with Crippen molar-refractivity contribution in [1.82, 2.24) is 10.6 Å². The summed E-state index contributed by atoms with van der Waals surface area (Å²) in [5.74, 6) is 0.237. The third-order valence-corrected chi connectivity index (χ3v) is 6.52. The molecular formula is C23H23Cl2FN2O5. The number of hydrogen-bond donors (Lipinski definition) is 2. The van der Waals surface area contributed by atoms with Gasteiger partial charge in [0.2, 0.25) is 0 Å². The van der Waals surface area contributed by atoms with E-state index in [0.717, 1.165) is 18.9 Å². The summed E-state index contributed by atoms with van der Waals surface area (Å²) >= 11 is 11.6. The van der Waals surface area contributed by atoms with E-state index in [4.69, 9.17) is 37.4 Å². The minimum absolute atomic E-state index is 0.0115. The average Bonchev–Trinajstić information content (AvgIpc) is 3.26. The van der Waals surface area contributed by atoms with Gasteiger partial charge in [-0.2, -0.15) is 0 Å². The lowest BCUT2D eigenvalue weighted by Gasteiger charge is -2.39. The molecular weight excluding hydrogens is 474 g/mol. The van der Waals surface area contributed by atoms with Gasteiger partial charge in [-0.25, -0.2) is 4.39 Å². The average molecular weight is 497 g/mol. The van der Waals surface area contributed by atoms with Crippen LogP contribution in [0.1, 0.15) is 19.3 Å². The molecule has 7 nitrogen and oxygen atoms in total. The Morgan fingerprint density at radius 3 is 2.52 bits per heavy atom. The molecule has 0 spiro atoms. The van der Waals surface area contributed by atoms with Crippen LogP contribution in [-0.4, -0.2) is 43.7 Å². The largest absolute Gasteiger partial charge is 0.493 e. The van der Waals surface area contributed by atoms with Crippen LogP contribution in [-0.2, 0) is 9.59 Å². The summed E-state index contributed by atoms with van der Waals surface area (Å²) in [5.41, 5.74) is -0.340. The van der Waals surface area contributed by atoms with Gasteiger partial charge in [-0.05, 0) is 49.4 Å². The second-order valence-electron chi connectivity index (χ2n) is 8.32. The predicted octanol–water partition coefficient (Wildman–Crippen LogP) is 3.75. The SMILES string of the molecule is COc1cc(Cl)ccc1OCC(=O)NC12CC(C1)[C@@H](NC(=O)COc1ccc(Cl)c(F)c1)C2. The van der Waals surface area contributed by atoms with Crippen molar-refractivity contribution in [2.45, 2.75) is 30.8 Å². The third kappa shape index (κ3) is 5.45. The van der Waals surface area contributed by atoms with Gasteiger partial charge < -0.3 is 24.8 Å². The van der Waals surface area contributed by atoms with Gasteiger partial charge in [-0.15, -0.1) is 0 Å². The van der Waals surface area contributed by atoms with Crippen LogP contribution in [0.4, 0.5) is 4.39 Å². The lowest BCUT2D eigenvalue weighted by molar-refractivity contribution is -0.126. The number of hydrogen-bond acceptors (Lipinski definition) is 5. The minimum atomic E-state index is -0.609. The highest BCUT2D eigenvalue weighted by atomic mass is 35.5. The second-order valence-corrected chi connectivity index (χ2v) is 9.17. The third-order valence-electron chi connectivity index (χ3n) is 5.98. The van der Waals surface area contributed by atoms with Crippen LogP contribution in [0.5, 0.6) is 17.2 Å². The first-order valence-electron chi connectivity index (χ1n) is 10.4. The Morgan fingerprint density at radius 1 is 1.03 bits per heavy atom. The Kier molecular flexibility index (Phi) is 6.86. The summed E-state index contributed by atoms with van der Waals surface area (Å²) < 4.78 is 29.6. The highest BCUT2D eigenvalue weighted by Crippen LogP contribution is 2.52. The molecule has 1 atom stereocenters. The van der Waals surface area contributed by atoms with Crippen LogP contribution < -0.4 is 24.8 Å². The first-order chi connectivity index (χ1) is 15.8. The van der Waals surface area contributed by atoms with Gasteiger partial charge in [0.1, 0.15) is 11.6 Å². The molecule has 0 heterocycles. The first kappa shape index (κ1) is 23.4. The van der Waals surface area contributed by atoms with Gasteiger partial charge in [0, 0.05) is 28.7 Å². The number of rotatable bonds is 9. The standard InChI is InChI=1S/C23H23Cl2FN2O5/c1-31-20-6-14(24)2-5-19(20)33-12-22(30)28-23-8-13(9-23)18(10-23)27-21(29)11-32-15-3-4-16(25)17(26)7-15/h2-7,13,18H,8-12H2,1H3,(H,27,29)(H,28,30)/t13?,18-,23?/m0/s1. The molecule has 2 aromatic rings. The van der Waals surface area contributed by atoms with Crippen molar-refractivity contribution in [1.29, 1.82) is 0 Å². The molecule has 176 valence electrons. The Hall–Kier alpha value is -2.71. The summed E-state index contributed by atoms with van der Waals surface area (Å²) in [5, 5.41) is 6.49. The van der Waals surface area contributed by atoms with Gasteiger partial charge >= 0.3 is 0 Å². The van der Waals surface area contributed by atoms with E-state index in [1.54, 1.807) is 18.2 Å². The number of fused-ring (bicyclic) bond motifs is 1. The fraction of sp³-hybridized carbons (Fsp3) is 0.391. The van der Waals surface area contributed by atoms with E-state index in [1.807, 2.05) is 0 Å². The van der Waals surface area contributed by atoms with Crippen molar-refractivity contribution < 1.29 is 28.2 Å². The fourth-order valence-electron chi connectivity index (χ4n) is 4.50. The molecule has 2 amide bonds. The van der Waals surface area contributed by atoms with E-state index in [0.29, 0.717) is 28.9 Å². The maximum Gasteiger partial charge on any atom is 0.258 e. The molecule has 0 aromatic heterocycles. The zero-order valence-corrected chi connectivity index (χ0v) is 19.3. The van der Waals surface area contributed by atoms with Crippen molar-refractivity contribution >= 4 is 35.0 Å².